The third kappa shape index (κ3) is 6.30. The highest BCUT2D eigenvalue weighted by Gasteiger charge is 2.75. The van der Waals surface area contributed by atoms with Crippen LogP contribution in [0.1, 0.15) is 75.9 Å². The summed E-state index contributed by atoms with van der Waals surface area (Å²) in [7, 11) is 0. The Morgan fingerprint density at radius 1 is 0.978 bits per heavy atom. The lowest BCUT2D eigenvalue weighted by atomic mass is 9.74. The van der Waals surface area contributed by atoms with Gasteiger partial charge in [-0.1, -0.05) is 77.7 Å². The molecule has 1 aromatic carbocycles. The number of allylic oxidation sites excluding steroid dienone is 1. The van der Waals surface area contributed by atoms with Crippen molar-refractivity contribution < 1.29 is 33.8 Å². The molecule has 1 aliphatic carbocycles. The molecule has 1 saturated carbocycles. The van der Waals surface area contributed by atoms with Gasteiger partial charge in [0.2, 0.25) is 17.7 Å². The van der Waals surface area contributed by atoms with Crippen molar-refractivity contribution in [2.45, 2.75) is 94.1 Å². The highest BCUT2D eigenvalue weighted by Crippen LogP contribution is 2.59. The molecule has 0 radical (unpaired) electrons. The molecule has 5 bridgehead atoms. The normalized spacial score (nSPS) is 33.1. The number of amides is 3. The summed E-state index contributed by atoms with van der Waals surface area (Å²) in [4.78, 5) is 59.9. The van der Waals surface area contributed by atoms with E-state index in [9.17, 15) is 24.3 Å². The summed E-state index contributed by atoms with van der Waals surface area (Å²) in [5.41, 5.74) is -0.596. The van der Waals surface area contributed by atoms with Crippen LogP contribution < -0.4 is 5.32 Å². The lowest BCUT2D eigenvalue weighted by Gasteiger charge is -2.40. The zero-order valence-electron chi connectivity index (χ0n) is 26.2. The quantitative estimate of drug-likeness (QED) is 0.251. The number of unbranched alkanes of at least 4 members (excludes halogenated alkanes) is 2. The Morgan fingerprint density at radius 2 is 1.76 bits per heavy atom. The summed E-state index contributed by atoms with van der Waals surface area (Å²) in [6.45, 7) is 0.833. The fourth-order valence-corrected chi connectivity index (χ4v) is 8.71. The molecule has 6 atom stereocenters. The van der Waals surface area contributed by atoms with E-state index in [4.69, 9.17) is 9.47 Å². The minimum atomic E-state index is -1.32. The number of hydrogen-bond donors (Lipinski definition) is 2. The molecule has 3 amide bonds. The van der Waals surface area contributed by atoms with Crippen molar-refractivity contribution in [2.75, 3.05) is 26.2 Å². The Kier molecular flexibility index (Phi) is 10.3. The number of likely N-dealkylation sites (tertiary alicyclic amines) is 1. The Bertz CT molecular complexity index is 1360. The molecule has 6 rings (SSSR count). The van der Waals surface area contributed by atoms with E-state index in [1.54, 1.807) is 4.90 Å². The van der Waals surface area contributed by atoms with Crippen LogP contribution in [-0.2, 0) is 28.7 Å². The van der Waals surface area contributed by atoms with Gasteiger partial charge >= 0.3 is 5.97 Å². The number of nitrogens with zero attached hydrogens (tertiary/aromatic N) is 2. The number of hydrogen-bond acceptors (Lipinski definition) is 7. The third-order valence-electron chi connectivity index (χ3n) is 10.2. The maximum Gasteiger partial charge on any atom is 0.313 e. The van der Waals surface area contributed by atoms with Gasteiger partial charge in [0.05, 0.1) is 12.5 Å². The number of fused-ring (bicyclic) bond motifs is 2. The number of nitrogens with one attached hydrogen (secondary N) is 1. The first-order valence-corrected chi connectivity index (χ1v) is 17.6. The van der Waals surface area contributed by atoms with Crippen LogP contribution in [-0.4, -0.2) is 88.6 Å². The maximum absolute atomic E-state index is 14.9. The van der Waals surface area contributed by atoms with E-state index in [0.717, 1.165) is 37.7 Å². The summed E-state index contributed by atoms with van der Waals surface area (Å²) in [6, 6.07) is 8.32. The molecule has 5 aliphatic rings. The SMILES string of the molecule is O=C1CC/C=C\CN(C2CCCCC2)C(=O)[C@@H]2N(CCCCCO)C(=O)[C@H]3[C@H](C(=O)O[C@H](c4ccccc4)CN1)[C@H]1O[C@@]23C=C1Br. The molecular weight excluding hydrogens is 654 g/mol. The molecule has 2 N–H and O–H groups in total. The van der Waals surface area contributed by atoms with Gasteiger partial charge < -0.3 is 29.7 Å². The molecule has 0 aromatic heterocycles. The number of aliphatic hydroxyl groups excluding tert-OH is 1. The minimum Gasteiger partial charge on any atom is -0.455 e. The molecule has 3 fully saturated rings. The first kappa shape index (κ1) is 32.9. The molecule has 248 valence electrons. The van der Waals surface area contributed by atoms with Crippen LogP contribution in [0.2, 0.25) is 0 Å². The first-order valence-electron chi connectivity index (χ1n) is 16.8. The number of aliphatic hydroxyl groups is 1. The number of esters is 1. The van der Waals surface area contributed by atoms with Crippen LogP contribution in [0.25, 0.3) is 0 Å². The van der Waals surface area contributed by atoms with E-state index in [1.165, 1.54) is 0 Å². The molecular formula is C35H44BrN3O7. The van der Waals surface area contributed by atoms with E-state index in [1.807, 2.05) is 53.5 Å². The topological polar surface area (TPSA) is 125 Å². The van der Waals surface area contributed by atoms with Crippen LogP contribution >= 0.6 is 15.9 Å². The third-order valence-corrected chi connectivity index (χ3v) is 10.9. The van der Waals surface area contributed by atoms with Crippen molar-refractivity contribution in [3.05, 3.63) is 58.6 Å². The second-order valence-corrected chi connectivity index (χ2v) is 14.0. The average molecular weight is 699 g/mol. The highest BCUT2D eigenvalue weighted by atomic mass is 79.9. The van der Waals surface area contributed by atoms with E-state index >= 15 is 0 Å². The van der Waals surface area contributed by atoms with Crippen LogP contribution in [0.15, 0.2) is 53.0 Å². The number of carbonyl (C=O) groups is 4. The Balaban J connectivity index is 1.40. The lowest BCUT2D eigenvalue weighted by molar-refractivity contribution is -0.160. The van der Waals surface area contributed by atoms with Crippen molar-refractivity contribution in [3.63, 3.8) is 0 Å². The number of ether oxygens (including phenoxy) is 2. The highest BCUT2D eigenvalue weighted by molar-refractivity contribution is 9.11. The molecule has 2 saturated heterocycles. The number of carbonyl (C=O) groups excluding carboxylic acids is 4. The fourth-order valence-electron chi connectivity index (χ4n) is 7.97. The average Bonchev–Trinajstić information content (AvgIpc) is 3.66. The molecule has 10 nitrogen and oxygen atoms in total. The van der Waals surface area contributed by atoms with Gasteiger partial charge in [0, 0.05) is 36.6 Å². The second kappa shape index (κ2) is 14.4. The van der Waals surface area contributed by atoms with Crippen LogP contribution in [0.5, 0.6) is 0 Å². The summed E-state index contributed by atoms with van der Waals surface area (Å²) in [5, 5.41) is 12.3. The van der Waals surface area contributed by atoms with Crippen molar-refractivity contribution in [3.8, 4) is 0 Å². The molecule has 1 spiro atoms. The van der Waals surface area contributed by atoms with E-state index in [0.29, 0.717) is 43.3 Å². The molecule has 4 heterocycles. The van der Waals surface area contributed by atoms with Gasteiger partial charge in [-0.15, -0.1) is 0 Å². The predicted molar refractivity (Wildman–Crippen MR) is 173 cm³/mol. The molecule has 11 heteroatoms. The summed E-state index contributed by atoms with van der Waals surface area (Å²) >= 11 is 3.63. The largest absolute Gasteiger partial charge is 0.455 e. The Labute approximate surface area is 278 Å². The van der Waals surface area contributed by atoms with Crippen molar-refractivity contribution >= 4 is 39.6 Å². The van der Waals surface area contributed by atoms with Crippen LogP contribution in [0.3, 0.4) is 0 Å². The summed E-state index contributed by atoms with van der Waals surface area (Å²) in [5.74, 6) is -3.11. The van der Waals surface area contributed by atoms with E-state index in [-0.39, 0.29) is 43.3 Å². The molecule has 4 aliphatic heterocycles. The molecule has 0 unspecified atom stereocenters. The maximum atomic E-state index is 14.9. The predicted octanol–water partition coefficient (Wildman–Crippen LogP) is 3.93. The van der Waals surface area contributed by atoms with E-state index < -0.39 is 41.7 Å². The van der Waals surface area contributed by atoms with Crippen LogP contribution in [0.4, 0.5) is 0 Å². The zero-order valence-corrected chi connectivity index (χ0v) is 27.7. The fraction of sp³-hybridized carbons (Fsp3) is 0.600. The first-order chi connectivity index (χ1) is 22.4. The molecule has 1 aromatic rings. The van der Waals surface area contributed by atoms with Gasteiger partial charge in [0.25, 0.3) is 0 Å². The van der Waals surface area contributed by atoms with Gasteiger partial charge in [-0.2, -0.15) is 0 Å². The van der Waals surface area contributed by atoms with Crippen LogP contribution in [0, 0.1) is 11.8 Å². The Hall–Kier alpha value is -3.02. The van der Waals surface area contributed by atoms with Gasteiger partial charge in [0.15, 0.2) is 0 Å². The van der Waals surface area contributed by atoms with Gasteiger partial charge in [-0.25, -0.2) is 0 Å². The zero-order chi connectivity index (χ0) is 32.3. The van der Waals surface area contributed by atoms with Gasteiger partial charge in [0.1, 0.15) is 29.8 Å². The van der Waals surface area contributed by atoms with Gasteiger partial charge in [-0.3, -0.25) is 19.2 Å². The monoisotopic (exact) mass is 697 g/mol. The second-order valence-electron chi connectivity index (χ2n) is 13.1. The standard InChI is InChI=1S/C35H44BrN3O7/c36-25-21-35-29-28(30(25)46-35)34(44)45-26(23-13-5-1-6-14-23)22-37-27(41)17-9-3-10-18-38(24-15-7-2-8-16-24)33(43)31(35)39(32(29)42)19-11-4-12-20-40/h1,3,5-6,10,13-14,21,24,26,28-31,40H,2,4,7-9,11-12,15-20,22H2,(H,37,41)/b10-3-/t26-,28-,29+,30-,31-,35+/m0/s1. The number of benzene rings is 1. The Morgan fingerprint density at radius 3 is 2.52 bits per heavy atom. The smallest absolute Gasteiger partial charge is 0.313 e. The number of cyclic esters (lactones) is 1. The lowest BCUT2D eigenvalue weighted by Crippen LogP contribution is -2.58. The van der Waals surface area contributed by atoms with Crippen molar-refractivity contribution in [1.29, 1.82) is 0 Å². The minimum absolute atomic E-state index is 0.0245. The summed E-state index contributed by atoms with van der Waals surface area (Å²) in [6.07, 6.45) is 11.8. The molecule has 46 heavy (non-hydrogen) atoms. The number of rotatable bonds is 7. The summed E-state index contributed by atoms with van der Waals surface area (Å²) < 4.78 is 13.4. The van der Waals surface area contributed by atoms with Crippen molar-refractivity contribution in [2.24, 2.45) is 11.8 Å². The number of halogens is 1. The van der Waals surface area contributed by atoms with Crippen molar-refractivity contribution in [1.82, 2.24) is 15.1 Å². The van der Waals surface area contributed by atoms with E-state index in [2.05, 4.69) is 21.2 Å². The van der Waals surface area contributed by atoms with Gasteiger partial charge in [-0.05, 0) is 50.2 Å².